The third-order valence-electron chi connectivity index (χ3n) is 2.39. The summed E-state index contributed by atoms with van der Waals surface area (Å²) >= 11 is 0. The molecule has 0 saturated carbocycles. The molecule has 1 unspecified atom stereocenters. The fourth-order valence-electron chi connectivity index (χ4n) is 1.49. The maximum absolute atomic E-state index is 5.27. The van der Waals surface area contributed by atoms with Crippen molar-refractivity contribution in [2.75, 3.05) is 39.7 Å². The minimum absolute atomic E-state index is 0.0564. The minimum atomic E-state index is 0.0564. The Hall–Kier alpha value is -1.17. The number of aromatic nitrogens is 1. The molecule has 1 atom stereocenters. The number of pyridine rings is 1. The molecule has 0 amide bonds. The van der Waals surface area contributed by atoms with Crippen molar-refractivity contribution in [2.45, 2.75) is 12.6 Å². The highest BCUT2D eigenvalue weighted by Gasteiger charge is 2.06. The van der Waals surface area contributed by atoms with E-state index >= 15 is 0 Å². The molecule has 5 heteroatoms. The van der Waals surface area contributed by atoms with Crippen molar-refractivity contribution in [3.63, 3.8) is 0 Å². The molecule has 1 aromatic heterocycles. The minimum Gasteiger partial charge on any atom is -0.382 e. The number of hydrogen-bond donors (Lipinski definition) is 2. The van der Waals surface area contributed by atoms with E-state index in [4.69, 9.17) is 9.47 Å². The van der Waals surface area contributed by atoms with E-state index in [2.05, 4.69) is 15.6 Å². The van der Waals surface area contributed by atoms with Gasteiger partial charge in [0.05, 0.1) is 18.4 Å². The average molecular weight is 239 g/mol. The van der Waals surface area contributed by atoms with Crippen LogP contribution < -0.4 is 10.6 Å². The standard InChI is InChI=1S/C12H21N3O2/c1-13-7-11-6-10(4-5-14-11)15-8-12(17-3)9-16-2/h4-6,12-13H,7-9H2,1-3H3,(H,14,15). The first-order valence-electron chi connectivity index (χ1n) is 5.65. The fourth-order valence-corrected chi connectivity index (χ4v) is 1.49. The van der Waals surface area contributed by atoms with E-state index in [1.54, 1.807) is 20.4 Å². The van der Waals surface area contributed by atoms with Gasteiger partial charge in [-0.05, 0) is 19.2 Å². The Morgan fingerprint density at radius 3 is 2.88 bits per heavy atom. The van der Waals surface area contributed by atoms with Crippen molar-refractivity contribution in [3.8, 4) is 0 Å². The van der Waals surface area contributed by atoms with Crippen molar-refractivity contribution in [3.05, 3.63) is 24.0 Å². The summed E-state index contributed by atoms with van der Waals surface area (Å²) in [7, 11) is 5.26. The van der Waals surface area contributed by atoms with Crippen LogP contribution in [0.15, 0.2) is 18.3 Å². The fraction of sp³-hybridized carbons (Fsp3) is 0.583. The zero-order chi connectivity index (χ0) is 12.5. The second-order valence-electron chi connectivity index (χ2n) is 3.76. The van der Waals surface area contributed by atoms with Gasteiger partial charge in [0.15, 0.2) is 0 Å². The molecule has 0 fully saturated rings. The highest BCUT2D eigenvalue weighted by Crippen LogP contribution is 2.08. The summed E-state index contributed by atoms with van der Waals surface area (Å²) in [6, 6.07) is 3.97. The monoisotopic (exact) mass is 239 g/mol. The smallest absolute Gasteiger partial charge is 0.0976 e. The number of rotatable bonds is 8. The summed E-state index contributed by atoms with van der Waals surface area (Å²) in [6.07, 6.45) is 1.86. The molecule has 5 nitrogen and oxygen atoms in total. The van der Waals surface area contributed by atoms with Crippen LogP contribution >= 0.6 is 0 Å². The second kappa shape index (κ2) is 8.00. The zero-order valence-electron chi connectivity index (χ0n) is 10.7. The number of ether oxygens (including phenoxy) is 2. The largest absolute Gasteiger partial charge is 0.382 e. The van der Waals surface area contributed by atoms with E-state index in [0.29, 0.717) is 13.2 Å². The van der Waals surface area contributed by atoms with Crippen LogP contribution in [0.4, 0.5) is 5.69 Å². The Labute approximate surface area is 103 Å². The van der Waals surface area contributed by atoms with E-state index in [1.165, 1.54) is 0 Å². The van der Waals surface area contributed by atoms with Gasteiger partial charge in [-0.25, -0.2) is 0 Å². The highest BCUT2D eigenvalue weighted by atomic mass is 16.5. The molecule has 1 aromatic rings. The lowest BCUT2D eigenvalue weighted by Crippen LogP contribution is -2.26. The van der Waals surface area contributed by atoms with Gasteiger partial charge in [-0.15, -0.1) is 0 Å². The Bertz CT molecular complexity index is 320. The van der Waals surface area contributed by atoms with E-state index in [1.807, 2.05) is 19.2 Å². The molecular weight excluding hydrogens is 218 g/mol. The van der Waals surface area contributed by atoms with Crippen LogP contribution in [-0.2, 0) is 16.0 Å². The third kappa shape index (κ3) is 5.12. The number of methoxy groups -OCH3 is 2. The van der Waals surface area contributed by atoms with Gasteiger partial charge < -0.3 is 20.1 Å². The first kappa shape index (κ1) is 13.9. The summed E-state index contributed by atoms with van der Waals surface area (Å²) in [5, 5.41) is 6.38. The summed E-state index contributed by atoms with van der Waals surface area (Å²) in [4.78, 5) is 4.25. The predicted octanol–water partition coefficient (Wildman–Crippen LogP) is 0.874. The molecule has 0 saturated heterocycles. The maximum atomic E-state index is 5.27. The number of hydrogen-bond acceptors (Lipinski definition) is 5. The lowest BCUT2D eigenvalue weighted by Gasteiger charge is -2.16. The highest BCUT2D eigenvalue weighted by molar-refractivity contribution is 5.43. The van der Waals surface area contributed by atoms with Crippen molar-refractivity contribution < 1.29 is 9.47 Å². The lowest BCUT2D eigenvalue weighted by molar-refractivity contribution is 0.0365. The Kier molecular flexibility index (Phi) is 6.54. The van der Waals surface area contributed by atoms with Crippen LogP contribution in [-0.4, -0.2) is 45.5 Å². The average Bonchev–Trinajstić information content (AvgIpc) is 2.35. The molecular formula is C12H21N3O2. The quantitative estimate of drug-likeness (QED) is 0.705. The Balaban J connectivity index is 2.47. The molecule has 0 bridgehead atoms. The van der Waals surface area contributed by atoms with E-state index in [9.17, 15) is 0 Å². The molecule has 0 aliphatic carbocycles. The van der Waals surface area contributed by atoms with Crippen LogP contribution in [0, 0.1) is 0 Å². The first-order valence-corrected chi connectivity index (χ1v) is 5.65. The van der Waals surface area contributed by atoms with Crippen molar-refractivity contribution in [1.82, 2.24) is 10.3 Å². The number of nitrogens with one attached hydrogen (secondary N) is 2. The van der Waals surface area contributed by atoms with Crippen molar-refractivity contribution >= 4 is 5.69 Å². The molecule has 0 aromatic carbocycles. The number of anilines is 1. The van der Waals surface area contributed by atoms with Gasteiger partial charge in [0.2, 0.25) is 0 Å². The van der Waals surface area contributed by atoms with Gasteiger partial charge in [-0.2, -0.15) is 0 Å². The van der Waals surface area contributed by atoms with E-state index < -0.39 is 0 Å². The molecule has 17 heavy (non-hydrogen) atoms. The van der Waals surface area contributed by atoms with Crippen LogP contribution in [0.2, 0.25) is 0 Å². The van der Waals surface area contributed by atoms with Gasteiger partial charge in [0.1, 0.15) is 0 Å². The van der Waals surface area contributed by atoms with E-state index in [0.717, 1.165) is 17.9 Å². The SMILES string of the molecule is CNCc1cc(NCC(COC)OC)ccn1. The maximum Gasteiger partial charge on any atom is 0.0976 e. The predicted molar refractivity (Wildman–Crippen MR) is 68.2 cm³/mol. The molecule has 2 N–H and O–H groups in total. The Morgan fingerprint density at radius 1 is 1.41 bits per heavy atom. The van der Waals surface area contributed by atoms with Gasteiger partial charge in [-0.1, -0.05) is 0 Å². The molecule has 0 spiro atoms. The summed E-state index contributed by atoms with van der Waals surface area (Å²) in [5.74, 6) is 0. The van der Waals surface area contributed by atoms with Crippen LogP contribution in [0.1, 0.15) is 5.69 Å². The number of nitrogens with zero attached hydrogens (tertiary/aromatic N) is 1. The first-order chi connectivity index (χ1) is 8.30. The van der Waals surface area contributed by atoms with Gasteiger partial charge in [-0.3, -0.25) is 4.98 Å². The van der Waals surface area contributed by atoms with Crippen LogP contribution in [0.5, 0.6) is 0 Å². The van der Waals surface area contributed by atoms with Crippen molar-refractivity contribution in [2.24, 2.45) is 0 Å². The zero-order valence-corrected chi connectivity index (χ0v) is 10.7. The van der Waals surface area contributed by atoms with Gasteiger partial charge >= 0.3 is 0 Å². The molecule has 0 aliphatic heterocycles. The second-order valence-corrected chi connectivity index (χ2v) is 3.76. The van der Waals surface area contributed by atoms with Gasteiger partial charge in [0.25, 0.3) is 0 Å². The summed E-state index contributed by atoms with van der Waals surface area (Å²) < 4.78 is 10.3. The lowest BCUT2D eigenvalue weighted by atomic mass is 10.3. The third-order valence-corrected chi connectivity index (χ3v) is 2.39. The Morgan fingerprint density at radius 2 is 2.24 bits per heavy atom. The molecule has 0 aliphatic rings. The van der Waals surface area contributed by atoms with Gasteiger partial charge in [0, 0.05) is 39.2 Å². The molecule has 1 heterocycles. The van der Waals surface area contributed by atoms with Crippen molar-refractivity contribution in [1.29, 1.82) is 0 Å². The normalized spacial score (nSPS) is 12.4. The molecule has 1 rings (SSSR count). The van der Waals surface area contributed by atoms with E-state index in [-0.39, 0.29) is 6.10 Å². The molecule has 0 radical (unpaired) electrons. The topological polar surface area (TPSA) is 55.4 Å². The summed E-state index contributed by atoms with van der Waals surface area (Å²) in [6.45, 7) is 2.06. The van der Waals surface area contributed by atoms with Crippen LogP contribution in [0.3, 0.4) is 0 Å². The van der Waals surface area contributed by atoms with Crippen LogP contribution in [0.25, 0.3) is 0 Å². The summed E-state index contributed by atoms with van der Waals surface area (Å²) in [5.41, 5.74) is 2.06. The molecule has 96 valence electrons.